The van der Waals surface area contributed by atoms with E-state index < -0.39 is 0 Å². The van der Waals surface area contributed by atoms with Crippen LogP contribution in [0.15, 0.2) is 41.5 Å². The minimum absolute atomic E-state index is 0.206. The predicted molar refractivity (Wildman–Crippen MR) is 103 cm³/mol. The van der Waals surface area contributed by atoms with Gasteiger partial charge in [0.1, 0.15) is 5.69 Å². The van der Waals surface area contributed by atoms with E-state index in [1.165, 1.54) is 4.57 Å². The summed E-state index contributed by atoms with van der Waals surface area (Å²) in [5.41, 5.74) is 1.53. The molecule has 7 heteroatoms. The Labute approximate surface area is 156 Å². The highest BCUT2D eigenvalue weighted by Gasteiger charge is 2.16. The Balaban J connectivity index is 2.03. The van der Waals surface area contributed by atoms with E-state index in [-0.39, 0.29) is 22.8 Å². The average Bonchev–Trinajstić information content (AvgIpc) is 3.07. The Bertz CT molecular complexity index is 1020. The lowest BCUT2D eigenvalue weighted by atomic mass is 10.1. The van der Waals surface area contributed by atoms with E-state index in [0.29, 0.717) is 23.2 Å². The molecule has 0 unspecified atom stereocenters. The molecule has 0 saturated carbocycles. The Morgan fingerprint density at radius 3 is 2.73 bits per heavy atom. The number of aromatic nitrogens is 3. The molecular formula is C19H21ClN4O2. The van der Waals surface area contributed by atoms with Gasteiger partial charge in [0.05, 0.1) is 5.69 Å². The average molecular weight is 373 g/mol. The molecule has 6 nitrogen and oxygen atoms in total. The maximum absolute atomic E-state index is 12.7. The largest absolute Gasteiger partial charge is 0.350 e. The van der Waals surface area contributed by atoms with Crippen molar-refractivity contribution in [2.45, 2.75) is 20.3 Å². The van der Waals surface area contributed by atoms with Gasteiger partial charge >= 0.3 is 0 Å². The van der Waals surface area contributed by atoms with Gasteiger partial charge in [-0.3, -0.25) is 14.0 Å². The van der Waals surface area contributed by atoms with Crippen molar-refractivity contribution in [2.24, 2.45) is 13.0 Å². The molecule has 0 saturated heterocycles. The van der Waals surface area contributed by atoms with Gasteiger partial charge < -0.3 is 9.88 Å². The third-order valence-corrected chi connectivity index (χ3v) is 4.87. The lowest BCUT2D eigenvalue weighted by Crippen LogP contribution is -2.28. The normalized spacial score (nSPS) is 12.3. The van der Waals surface area contributed by atoms with E-state index in [0.717, 1.165) is 12.0 Å². The first-order valence-corrected chi connectivity index (χ1v) is 8.92. The zero-order chi connectivity index (χ0) is 18.8. The van der Waals surface area contributed by atoms with Crippen molar-refractivity contribution in [3.8, 4) is 11.3 Å². The zero-order valence-electron chi connectivity index (χ0n) is 15.0. The summed E-state index contributed by atoms with van der Waals surface area (Å²) in [5.74, 6) is 0.103. The second-order valence-electron chi connectivity index (χ2n) is 6.44. The van der Waals surface area contributed by atoms with Crippen LogP contribution in [0.1, 0.15) is 30.8 Å². The molecule has 1 aromatic carbocycles. The third-order valence-electron chi connectivity index (χ3n) is 4.54. The van der Waals surface area contributed by atoms with E-state index in [1.54, 1.807) is 29.9 Å². The van der Waals surface area contributed by atoms with Crippen molar-refractivity contribution in [3.05, 3.63) is 57.7 Å². The fourth-order valence-corrected chi connectivity index (χ4v) is 2.89. The molecule has 0 bridgehead atoms. The first-order valence-electron chi connectivity index (χ1n) is 8.54. The second kappa shape index (κ2) is 7.33. The topological polar surface area (TPSA) is 68.4 Å². The van der Waals surface area contributed by atoms with Crippen LogP contribution in [0.4, 0.5) is 0 Å². The van der Waals surface area contributed by atoms with Crippen LogP contribution >= 0.6 is 11.6 Å². The van der Waals surface area contributed by atoms with Gasteiger partial charge in [0.2, 0.25) is 5.65 Å². The Hall–Kier alpha value is -2.60. The van der Waals surface area contributed by atoms with Gasteiger partial charge in [-0.05, 0) is 12.0 Å². The molecule has 0 aliphatic heterocycles. The van der Waals surface area contributed by atoms with E-state index in [2.05, 4.69) is 24.1 Å². The molecule has 1 N–H and O–H groups in total. The highest BCUT2D eigenvalue weighted by atomic mass is 35.5. The molecule has 3 rings (SSSR count). The second-order valence-corrected chi connectivity index (χ2v) is 6.85. The summed E-state index contributed by atoms with van der Waals surface area (Å²) in [6, 6.07) is 7.31. The van der Waals surface area contributed by atoms with Crippen molar-refractivity contribution in [2.75, 3.05) is 6.54 Å². The van der Waals surface area contributed by atoms with Crippen LogP contribution < -0.4 is 10.9 Å². The first-order chi connectivity index (χ1) is 12.4. The van der Waals surface area contributed by atoms with Crippen LogP contribution in [0, 0.1) is 5.92 Å². The van der Waals surface area contributed by atoms with Gasteiger partial charge in [-0.25, -0.2) is 4.98 Å². The van der Waals surface area contributed by atoms with Crippen LogP contribution in [0.25, 0.3) is 16.9 Å². The minimum Gasteiger partial charge on any atom is -0.350 e. The lowest BCUT2D eigenvalue weighted by molar-refractivity contribution is 0.0943. The Morgan fingerprint density at radius 1 is 1.31 bits per heavy atom. The maximum Gasteiger partial charge on any atom is 0.294 e. The van der Waals surface area contributed by atoms with Gasteiger partial charge in [-0.1, -0.05) is 50.1 Å². The van der Waals surface area contributed by atoms with Crippen LogP contribution in [-0.4, -0.2) is 26.4 Å². The lowest BCUT2D eigenvalue weighted by Gasteiger charge is -2.10. The maximum atomic E-state index is 12.7. The number of fused-ring (bicyclic) bond motifs is 1. The van der Waals surface area contributed by atoms with Crippen LogP contribution in [0.2, 0.25) is 5.02 Å². The molecule has 2 heterocycles. The molecule has 26 heavy (non-hydrogen) atoms. The molecule has 0 radical (unpaired) electrons. The van der Waals surface area contributed by atoms with Gasteiger partial charge in [-0.2, -0.15) is 0 Å². The van der Waals surface area contributed by atoms with E-state index in [9.17, 15) is 9.59 Å². The number of hydrogen-bond donors (Lipinski definition) is 1. The summed E-state index contributed by atoms with van der Waals surface area (Å²) >= 11 is 6.27. The van der Waals surface area contributed by atoms with Gasteiger partial charge in [-0.15, -0.1) is 0 Å². The van der Waals surface area contributed by atoms with Gasteiger partial charge in [0.25, 0.3) is 11.5 Å². The molecule has 0 aliphatic carbocycles. The Morgan fingerprint density at radius 2 is 2.04 bits per heavy atom. The third kappa shape index (κ3) is 3.37. The molecule has 1 atom stereocenters. The van der Waals surface area contributed by atoms with Crippen molar-refractivity contribution in [1.82, 2.24) is 19.3 Å². The zero-order valence-corrected chi connectivity index (χ0v) is 15.7. The highest BCUT2D eigenvalue weighted by molar-refractivity contribution is 6.33. The van der Waals surface area contributed by atoms with Crippen molar-refractivity contribution in [1.29, 1.82) is 0 Å². The molecular weight excluding hydrogens is 352 g/mol. The van der Waals surface area contributed by atoms with Crippen molar-refractivity contribution < 1.29 is 4.79 Å². The van der Waals surface area contributed by atoms with Gasteiger partial charge in [0.15, 0.2) is 0 Å². The number of carbonyl (C=O) groups excluding carboxylic acids is 1. The number of amides is 1. The molecule has 0 fully saturated rings. The fraction of sp³-hybridized carbons (Fsp3) is 0.316. The SMILES string of the molecule is CC[C@H](C)CNC(=O)c1cn2cc(-c3ccccc3Cl)n(C)c(=O)c2n1. The van der Waals surface area contributed by atoms with Crippen LogP contribution in [-0.2, 0) is 7.05 Å². The standard InChI is InChI=1S/C19H21ClN4O2/c1-4-12(2)9-21-18(25)15-10-24-11-16(13-7-5-6-8-14(13)20)23(3)19(26)17(24)22-15/h5-8,10-12H,4,9H2,1-3H3,(H,21,25)/t12-/m0/s1. The summed E-state index contributed by atoms with van der Waals surface area (Å²) in [7, 11) is 1.67. The van der Waals surface area contributed by atoms with Crippen LogP contribution in [0.5, 0.6) is 0 Å². The number of imidazole rings is 1. The number of hydrogen-bond acceptors (Lipinski definition) is 3. The Kier molecular flexibility index (Phi) is 5.13. The number of nitrogens with one attached hydrogen (secondary N) is 1. The minimum atomic E-state index is -0.289. The first kappa shape index (κ1) is 18.2. The summed E-state index contributed by atoms with van der Waals surface area (Å²) in [6.45, 7) is 4.71. The molecule has 0 aliphatic rings. The molecule has 2 aromatic heterocycles. The van der Waals surface area contributed by atoms with Crippen molar-refractivity contribution >= 4 is 23.2 Å². The smallest absolute Gasteiger partial charge is 0.294 e. The number of carbonyl (C=O) groups is 1. The van der Waals surface area contributed by atoms with Gasteiger partial charge in [0, 0.05) is 36.6 Å². The number of nitrogens with zero attached hydrogens (tertiary/aromatic N) is 3. The molecule has 3 aromatic rings. The van der Waals surface area contributed by atoms with Crippen molar-refractivity contribution in [3.63, 3.8) is 0 Å². The summed E-state index contributed by atoms with van der Waals surface area (Å²) in [6.07, 6.45) is 4.31. The highest BCUT2D eigenvalue weighted by Crippen LogP contribution is 2.26. The summed E-state index contributed by atoms with van der Waals surface area (Å²) in [5, 5.41) is 3.40. The molecule has 1 amide bonds. The summed E-state index contributed by atoms with van der Waals surface area (Å²) < 4.78 is 3.07. The predicted octanol–water partition coefficient (Wildman–Crippen LogP) is 3.13. The summed E-state index contributed by atoms with van der Waals surface area (Å²) in [4.78, 5) is 29.2. The van der Waals surface area contributed by atoms with Crippen LogP contribution in [0.3, 0.4) is 0 Å². The number of benzene rings is 1. The van der Waals surface area contributed by atoms with E-state index in [4.69, 9.17) is 11.6 Å². The van der Waals surface area contributed by atoms with E-state index in [1.807, 2.05) is 18.2 Å². The van der Waals surface area contributed by atoms with E-state index >= 15 is 0 Å². The number of rotatable bonds is 5. The molecule has 136 valence electrons. The monoisotopic (exact) mass is 372 g/mol. The number of halogens is 1. The molecule has 0 spiro atoms. The fourth-order valence-electron chi connectivity index (χ4n) is 2.66. The quantitative estimate of drug-likeness (QED) is 0.748.